The molecule has 0 spiro atoms. The van der Waals surface area contributed by atoms with Crippen molar-refractivity contribution >= 4 is 13.8 Å². The number of esters is 1. The third-order valence-corrected chi connectivity index (χ3v) is 8.49. The summed E-state index contributed by atoms with van der Waals surface area (Å²) in [6, 6.07) is 0. The van der Waals surface area contributed by atoms with Crippen LogP contribution >= 0.6 is 7.82 Å². The molecule has 0 aromatic heterocycles. The van der Waals surface area contributed by atoms with Gasteiger partial charge in [-0.1, -0.05) is 125 Å². The zero-order chi connectivity index (χ0) is 37.0. The Labute approximate surface area is 306 Å². The first-order valence-electron chi connectivity index (χ1n) is 19.2. The molecule has 0 fully saturated rings. The van der Waals surface area contributed by atoms with Crippen molar-refractivity contribution < 1.29 is 37.3 Å². The zero-order valence-corrected chi connectivity index (χ0v) is 33.2. The molecule has 0 rings (SSSR count). The number of hydrogen-bond donors (Lipinski definition) is 0. The van der Waals surface area contributed by atoms with Gasteiger partial charge in [-0.3, -0.25) is 9.36 Å². The quantitative estimate of drug-likeness (QED) is 0.0215. The van der Waals surface area contributed by atoms with Crippen LogP contribution in [0.4, 0.5) is 0 Å². The van der Waals surface area contributed by atoms with Crippen LogP contribution in [0.15, 0.2) is 72.9 Å². The average Bonchev–Trinajstić information content (AvgIpc) is 3.06. The number of unbranched alkanes of at least 4 members (excludes halogenated alkanes) is 8. The van der Waals surface area contributed by atoms with Crippen LogP contribution < -0.4 is 4.89 Å². The average molecular weight is 722 g/mol. The largest absolute Gasteiger partial charge is 0.756 e. The molecule has 0 heterocycles. The Balaban J connectivity index is 4.32. The minimum absolute atomic E-state index is 0.0141. The molecule has 0 saturated heterocycles. The van der Waals surface area contributed by atoms with Gasteiger partial charge < -0.3 is 27.9 Å². The van der Waals surface area contributed by atoms with Crippen LogP contribution in [0, 0.1) is 0 Å². The number of phosphoric ester groups is 1. The molecule has 0 saturated carbocycles. The summed E-state index contributed by atoms with van der Waals surface area (Å²) in [7, 11) is 1.31. The third kappa shape index (κ3) is 37.2. The summed E-state index contributed by atoms with van der Waals surface area (Å²) >= 11 is 0. The topological polar surface area (TPSA) is 94.1 Å². The van der Waals surface area contributed by atoms with E-state index in [-0.39, 0.29) is 32.2 Å². The highest BCUT2D eigenvalue weighted by molar-refractivity contribution is 7.45. The molecule has 0 aliphatic heterocycles. The lowest BCUT2D eigenvalue weighted by Crippen LogP contribution is -2.37. The molecule has 50 heavy (non-hydrogen) atoms. The Morgan fingerprint density at radius 1 is 0.640 bits per heavy atom. The normalized spacial score (nSPS) is 14.8. The fraction of sp³-hybridized carbons (Fsp3) is 0.683. The fourth-order valence-corrected chi connectivity index (χ4v) is 5.27. The molecule has 0 aliphatic carbocycles. The van der Waals surface area contributed by atoms with Crippen LogP contribution in [-0.4, -0.2) is 70.7 Å². The number of phosphoric acid groups is 1. The van der Waals surface area contributed by atoms with Gasteiger partial charge in [0.05, 0.1) is 34.4 Å². The van der Waals surface area contributed by atoms with Crippen LogP contribution in [0.25, 0.3) is 0 Å². The summed E-state index contributed by atoms with van der Waals surface area (Å²) in [5.41, 5.74) is 0. The molecule has 0 bridgehead atoms. The second-order valence-corrected chi connectivity index (χ2v) is 15.0. The number of likely N-dealkylation sites (N-methyl/N-ethyl adjacent to an activating group) is 1. The van der Waals surface area contributed by atoms with Crippen molar-refractivity contribution in [3.8, 4) is 0 Å². The first-order chi connectivity index (χ1) is 24.1. The highest BCUT2D eigenvalue weighted by Gasteiger charge is 2.20. The lowest BCUT2D eigenvalue weighted by Gasteiger charge is -2.28. The van der Waals surface area contributed by atoms with Gasteiger partial charge in [-0.15, -0.1) is 0 Å². The number of rotatable bonds is 34. The summed E-state index contributed by atoms with van der Waals surface area (Å²) in [6.07, 6.45) is 42.1. The van der Waals surface area contributed by atoms with Gasteiger partial charge in [0, 0.05) is 13.0 Å². The Morgan fingerprint density at radius 3 is 1.70 bits per heavy atom. The van der Waals surface area contributed by atoms with Gasteiger partial charge in [0.1, 0.15) is 19.3 Å². The Bertz CT molecular complexity index is 1030. The van der Waals surface area contributed by atoms with Gasteiger partial charge in [0.25, 0.3) is 7.82 Å². The van der Waals surface area contributed by atoms with Gasteiger partial charge >= 0.3 is 5.97 Å². The number of ether oxygens (including phenoxy) is 2. The zero-order valence-electron chi connectivity index (χ0n) is 32.3. The smallest absolute Gasteiger partial charge is 0.306 e. The Kier molecular flexibility index (Phi) is 32.6. The van der Waals surface area contributed by atoms with Crippen molar-refractivity contribution in [2.24, 2.45) is 0 Å². The standard InChI is InChI=1S/C41H72NO7P/c1-6-8-10-12-14-15-16-17-18-19-20-21-22-23-24-25-26-27-28-30-32-34-41(43)49-40(38-46-36-33-31-29-13-11-9-7-2)39-48-50(44,45)47-37-35-42(3,4)5/h8,10,14-15,17-18,20-21,23-24,26-27,40H,6-7,9,11-13,16,19,22,25,28-39H2,1-5H3/b10-8-,15-14-,18-17-,21-20-,24-23-,27-26-. The number of quaternary nitrogens is 1. The van der Waals surface area contributed by atoms with E-state index in [1.165, 1.54) is 32.1 Å². The van der Waals surface area contributed by atoms with Crippen molar-refractivity contribution in [2.45, 2.75) is 129 Å². The van der Waals surface area contributed by atoms with Crippen molar-refractivity contribution in [1.82, 2.24) is 0 Å². The molecule has 0 amide bonds. The second kappa shape index (κ2) is 34.0. The molecular formula is C41H72NO7P. The predicted molar refractivity (Wildman–Crippen MR) is 208 cm³/mol. The van der Waals surface area contributed by atoms with Crippen LogP contribution in [0.2, 0.25) is 0 Å². The molecule has 0 aromatic carbocycles. The first-order valence-corrected chi connectivity index (χ1v) is 20.6. The van der Waals surface area contributed by atoms with E-state index < -0.39 is 13.9 Å². The number of allylic oxidation sites excluding steroid dienone is 12. The first kappa shape index (κ1) is 47.9. The summed E-state index contributed by atoms with van der Waals surface area (Å²) in [5, 5.41) is 0. The molecule has 2 unspecified atom stereocenters. The molecule has 0 radical (unpaired) electrons. The fourth-order valence-electron chi connectivity index (χ4n) is 4.55. The van der Waals surface area contributed by atoms with Crippen molar-refractivity contribution in [2.75, 3.05) is 54.1 Å². The van der Waals surface area contributed by atoms with Crippen LogP contribution in [-0.2, 0) is 27.9 Å². The van der Waals surface area contributed by atoms with Crippen LogP contribution in [0.1, 0.15) is 123 Å². The Hall–Kier alpha value is -2.06. The van der Waals surface area contributed by atoms with Gasteiger partial charge in [-0.2, -0.15) is 0 Å². The van der Waals surface area contributed by atoms with E-state index in [0.29, 0.717) is 24.1 Å². The predicted octanol–water partition coefficient (Wildman–Crippen LogP) is 10.1. The molecule has 0 aliphatic rings. The van der Waals surface area contributed by atoms with Crippen LogP contribution in [0.5, 0.6) is 0 Å². The SMILES string of the molecule is CC/C=C\C/C=C\C/C=C\C/C=C\C/C=C\C/C=C\CCCCC(=O)OC(COCCCCCCCCC)COP(=O)([O-])OCC[N+](C)(C)C. The molecule has 0 aromatic rings. The summed E-state index contributed by atoms with van der Waals surface area (Å²) < 4.78 is 34.2. The minimum Gasteiger partial charge on any atom is -0.756 e. The molecule has 0 N–H and O–H groups in total. The summed E-state index contributed by atoms with van der Waals surface area (Å²) in [6.45, 7) is 5.16. The van der Waals surface area contributed by atoms with E-state index in [9.17, 15) is 14.3 Å². The highest BCUT2D eigenvalue weighted by Crippen LogP contribution is 2.38. The van der Waals surface area contributed by atoms with Crippen LogP contribution in [0.3, 0.4) is 0 Å². The molecule has 288 valence electrons. The highest BCUT2D eigenvalue weighted by atomic mass is 31.2. The van der Waals surface area contributed by atoms with E-state index in [2.05, 4.69) is 86.8 Å². The van der Waals surface area contributed by atoms with Gasteiger partial charge in [-0.05, 0) is 64.2 Å². The minimum atomic E-state index is -4.53. The van der Waals surface area contributed by atoms with Gasteiger partial charge in [-0.25, -0.2) is 0 Å². The van der Waals surface area contributed by atoms with E-state index in [1.807, 2.05) is 21.1 Å². The van der Waals surface area contributed by atoms with E-state index in [0.717, 1.165) is 64.2 Å². The van der Waals surface area contributed by atoms with Crippen molar-refractivity contribution in [3.63, 3.8) is 0 Å². The Morgan fingerprint density at radius 2 is 1.16 bits per heavy atom. The monoisotopic (exact) mass is 722 g/mol. The van der Waals surface area contributed by atoms with E-state index in [4.69, 9.17) is 18.5 Å². The van der Waals surface area contributed by atoms with Crippen molar-refractivity contribution in [3.05, 3.63) is 72.9 Å². The second-order valence-electron chi connectivity index (χ2n) is 13.6. The van der Waals surface area contributed by atoms with E-state index >= 15 is 0 Å². The van der Waals surface area contributed by atoms with E-state index in [1.54, 1.807) is 0 Å². The summed E-state index contributed by atoms with van der Waals surface area (Å²) in [4.78, 5) is 24.8. The third-order valence-electron chi connectivity index (χ3n) is 7.52. The maximum absolute atomic E-state index is 12.6. The lowest BCUT2D eigenvalue weighted by atomic mass is 10.1. The number of carbonyl (C=O) groups is 1. The molecule has 9 heteroatoms. The number of hydrogen-bond acceptors (Lipinski definition) is 7. The number of nitrogens with zero attached hydrogens (tertiary/aromatic N) is 1. The molecule has 2 atom stereocenters. The summed E-state index contributed by atoms with van der Waals surface area (Å²) in [5.74, 6) is -0.382. The van der Waals surface area contributed by atoms with Gasteiger partial charge in [0.2, 0.25) is 0 Å². The maximum Gasteiger partial charge on any atom is 0.306 e. The van der Waals surface area contributed by atoms with Crippen molar-refractivity contribution in [1.29, 1.82) is 0 Å². The lowest BCUT2D eigenvalue weighted by molar-refractivity contribution is -0.870. The molecular weight excluding hydrogens is 649 g/mol. The number of carbonyl (C=O) groups excluding carboxylic acids is 1. The van der Waals surface area contributed by atoms with Gasteiger partial charge in [0.15, 0.2) is 0 Å². The molecule has 8 nitrogen and oxygen atoms in total. The maximum atomic E-state index is 12.6.